The third-order valence-electron chi connectivity index (χ3n) is 4.86. The number of amidine groups is 1. The van der Waals surface area contributed by atoms with Crippen LogP contribution >= 0.6 is 11.8 Å². The number of rotatable bonds is 5. The van der Waals surface area contributed by atoms with Crippen LogP contribution in [0.15, 0.2) is 58.4 Å². The number of ether oxygens (including phenoxy) is 1. The van der Waals surface area contributed by atoms with Crippen molar-refractivity contribution in [1.29, 1.82) is 0 Å². The molecular formula is C23H20FN3O3S. The van der Waals surface area contributed by atoms with Crippen LogP contribution in [0.25, 0.3) is 17.0 Å². The minimum absolute atomic E-state index is 0.0972. The second-order valence-electron chi connectivity index (χ2n) is 6.87. The average Bonchev–Trinajstić information content (AvgIpc) is 3.22. The number of esters is 1. The summed E-state index contributed by atoms with van der Waals surface area (Å²) in [6.07, 6.45) is 1.81. The highest BCUT2D eigenvalue weighted by Crippen LogP contribution is 2.33. The molecule has 4 rings (SSSR count). The SMILES string of the molecule is CCOC(=O)Cn1c(C)c(/C=C2\SC(=Nc3ccc(F)cc3)NC2=O)c2ccccc21. The monoisotopic (exact) mass is 437 g/mol. The maximum absolute atomic E-state index is 13.1. The van der Waals surface area contributed by atoms with E-state index in [4.69, 9.17) is 4.74 Å². The smallest absolute Gasteiger partial charge is 0.325 e. The van der Waals surface area contributed by atoms with E-state index in [1.807, 2.05) is 41.8 Å². The van der Waals surface area contributed by atoms with Gasteiger partial charge >= 0.3 is 5.97 Å². The summed E-state index contributed by atoms with van der Waals surface area (Å²) in [5.74, 6) is -0.915. The largest absolute Gasteiger partial charge is 0.465 e. The Morgan fingerprint density at radius 1 is 1.23 bits per heavy atom. The minimum atomic E-state index is -0.345. The molecule has 2 aromatic carbocycles. The molecule has 0 spiro atoms. The molecule has 0 atom stereocenters. The number of halogens is 1. The molecule has 158 valence electrons. The molecule has 0 aliphatic carbocycles. The summed E-state index contributed by atoms with van der Waals surface area (Å²) in [7, 11) is 0. The van der Waals surface area contributed by atoms with Crippen molar-refractivity contribution in [3.05, 3.63) is 70.5 Å². The highest BCUT2D eigenvalue weighted by atomic mass is 32.2. The standard InChI is InChI=1S/C23H20FN3O3S/c1-3-30-21(28)13-27-14(2)18(17-6-4-5-7-19(17)27)12-20-22(29)26-23(31-20)25-16-10-8-15(24)9-11-16/h4-12H,3,13H2,1-2H3,(H,25,26,29)/b20-12-. The number of benzene rings is 2. The first kappa shape index (κ1) is 20.9. The predicted molar refractivity (Wildman–Crippen MR) is 121 cm³/mol. The van der Waals surface area contributed by atoms with Gasteiger partial charge in [-0.1, -0.05) is 18.2 Å². The van der Waals surface area contributed by atoms with E-state index in [0.717, 1.165) is 22.2 Å². The van der Waals surface area contributed by atoms with Gasteiger partial charge in [0.2, 0.25) is 0 Å². The van der Waals surface area contributed by atoms with Gasteiger partial charge in [-0.25, -0.2) is 9.38 Å². The number of fused-ring (bicyclic) bond motifs is 1. The van der Waals surface area contributed by atoms with E-state index in [9.17, 15) is 14.0 Å². The zero-order valence-corrected chi connectivity index (χ0v) is 17.8. The first-order valence-corrected chi connectivity index (χ1v) is 10.6. The van der Waals surface area contributed by atoms with Gasteiger partial charge in [0.25, 0.3) is 5.91 Å². The molecule has 0 bridgehead atoms. The lowest BCUT2D eigenvalue weighted by Gasteiger charge is -2.07. The van der Waals surface area contributed by atoms with Gasteiger partial charge in [0.15, 0.2) is 5.17 Å². The minimum Gasteiger partial charge on any atom is -0.465 e. The van der Waals surface area contributed by atoms with Gasteiger partial charge in [-0.15, -0.1) is 0 Å². The second-order valence-corrected chi connectivity index (χ2v) is 7.90. The molecule has 0 unspecified atom stereocenters. The molecular weight excluding hydrogens is 417 g/mol. The first-order chi connectivity index (χ1) is 15.0. The van der Waals surface area contributed by atoms with Crippen LogP contribution in [-0.4, -0.2) is 28.2 Å². The van der Waals surface area contributed by atoms with Crippen molar-refractivity contribution in [3.8, 4) is 0 Å². The molecule has 8 heteroatoms. The molecule has 1 aliphatic rings. The Balaban J connectivity index is 1.69. The third-order valence-corrected chi connectivity index (χ3v) is 5.77. The highest BCUT2D eigenvalue weighted by Gasteiger charge is 2.25. The average molecular weight is 437 g/mol. The van der Waals surface area contributed by atoms with Crippen LogP contribution < -0.4 is 5.32 Å². The summed E-state index contributed by atoms with van der Waals surface area (Å²) in [6, 6.07) is 13.5. The maximum Gasteiger partial charge on any atom is 0.325 e. The third kappa shape index (κ3) is 4.39. The van der Waals surface area contributed by atoms with E-state index in [0.29, 0.717) is 22.4 Å². The number of thioether (sulfide) groups is 1. The maximum atomic E-state index is 13.1. The second kappa shape index (κ2) is 8.77. The lowest BCUT2D eigenvalue weighted by Crippen LogP contribution is -2.19. The van der Waals surface area contributed by atoms with Crippen LogP contribution in [0.1, 0.15) is 18.2 Å². The van der Waals surface area contributed by atoms with Gasteiger partial charge in [0.05, 0.1) is 17.2 Å². The fraction of sp³-hybridized carbons (Fsp3) is 0.174. The Kier molecular flexibility index (Phi) is 5.90. The number of carbonyl (C=O) groups is 2. The topological polar surface area (TPSA) is 72.7 Å². The van der Waals surface area contributed by atoms with E-state index in [-0.39, 0.29) is 24.2 Å². The zero-order chi connectivity index (χ0) is 22.0. The molecule has 2 heterocycles. The molecule has 31 heavy (non-hydrogen) atoms. The summed E-state index contributed by atoms with van der Waals surface area (Å²) in [5, 5.41) is 4.11. The number of nitrogens with one attached hydrogen (secondary N) is 1. The van der Waals surface area contributed by atoms with Gasteiger partial charge < -0.3 is 14.6 Å². The summed E-state index contributed by atoms with van der Waals surface area (Å²) in [6.45, 7) is 4.10. The summed E-state index contributed by atoms with van der Waals surface area (Å²) < 4.78 is 20.1. The quantitative estimate of drug-likeness (QED) is 0.470. The Labute approximate surface area is 182 Å². The van der Waals surface area contributed by atoms with E-state index in [1.54, 1.807) is 19.1 Å². The molecule has 1 N–H and O–H groups in total. The number of hydrogen-bond acceptors (Lipinski definition) is 5. The van der Waals surface area contributed by atoms with E-state index >= 15 is 0 Å². The molecule has 1 aliphatic heterocycles. The van der Waals surface area contributed by atoms with Crippen LogP contribution in [0.2, 0.25) is 0 Å². The Morgan fingerprint density at radius 2 is 1.97 bits per heavy atom. The van der Waals surface area contributed by atoms with Crippen molar-refractivity contribution in [1.82, 2.24) is 9.88 Å². The Bertz CT molecular complexity index is 1230. The molecule has 6 nitrogen and oxygen atoms in total. The predicted octanol–water partition coefficient (Wildman–Crippen LogP) is 4.54. The lowest BCUT2D eigenvalue weighted by molar-refractivity contribution is -0.143. The molecule has 1 saturated heterocycles. The van der Waals surface area contributed by atoms with Gasteiger partial charge in [-0.2, -0.15) is 0 Å². The van der Waals surface area contributed by atoms with Crippen LogP contribution in [0, 0.1) is 12.7 Å². The Hall–Kier alpha value is -3.39. The van der Waals surface area contributed by atoms with Gasteiger partial charge in [0, 0.05) is 22.2 Å². The van der Waals surface area contributed by atoms with Crippen LogP contribution in [0.3, 0.4) is 0 Å². The molecule has 1 amide bonds. The molecule has 3 aromatic rings. The number of aromatic nitrogens is 1. The fourth-order valence-electron chi connectivity index (χ4n) is 3.42. The summed E-state index contributed by atoms with van der Waals surface area (Å²) >= 11 is 1.22. The summed E-state index contributed by atoms with van der Waals surface area (Å²) in [5.41, 5.74) is 3.16. The van der Waals surface area contributed by atoms with Gasteiger partial charge in [-0.05, 0) is 62.0 Å². The molecule has 0 saturated carbocycles. The highest BCUT2D eigenvalue weighted by molar-refractivity contribution is 8.18. The number of para-hydroxylation sites is 1. The molecule has 0 radical (unpaired) electrons. The van der Waals surface area contributed by atoms with Crippen molar-refractivity contribution in [2.24, 2.45) is 4.99 Å². The lowest BCUT2D eigenvalue weighted by atomic mass is 10.1. The van der Waals surface area contributed by atoms with E-state index in [2.05, 4.69) is 10.3 Å². The van der Waals surface area contributed by atoms with Crippen LogP contribution in [0.4, 0.5) is 10.1 Å². The van der Waals surface area contributed by atoms with Crippen molar-refractivity contribution in [2.45, 2.75) is 20.4 Å². The van der Waals surface area contributed by atoms with Crippen molar-refractivity contribution >= 4 is 51.5 Å². The number of carbonyl (C=O) groups excluding carboxylic acids is 2. The van der Waals surface area contributed by atoms with Crippen LogP contribution in [0.5, 0.6) is 0 Å². The van der Waals surface area contributed by atoms with Gasteiger partial charge in [0.1, 0.15) is 12.4 Å². The van der Waals surface area contributed by atoms with Crippen molar-refractivity contribution in [3.63, 3.8) is 0 Å². The molecule has 1 aromatic heterocycles. The number of aliphatic imine (C=N–C) groups is 1. The number of hydrogen-bond donors (Lipinski definition) is 1. The Morgan fingerprint density at radius 3 is 2.71 bits per heavy atom. The summed E-state index contributed by atoms with van der Waals surface area (Å²) in [4.78, 5) is 29.5. The van der Waals surface area contributed by atoms with E-state index in [1.165, 1.54) is 23.9 Å². The number of amides is 1. The van der Waals surface area contributed by atoms with Crippen molar-refractivity contribution in [2.75, 3.05) is 6.61 Å². The first-order valence-electron chi connectivity index (χ1n) is 9.75. The van der Waals surface area contributed by atoms with Crippen molar-refractivity contribution < 1.29 is 18.7 Å². The normalized spacial score (nSPS) is 16.3. The molecule has 1 fully saturated rings. The fourth-order valence-corrected chi connectivity index (χ4v) is 4.25. The van der Waals surface area contributed by atoms with Crippen LogP contribution in [-0.2, 0) is 20.9 Å². The van der Waals surface area contributed by atoms with E-state index < -0.39 is 0 Å². The number of nitrogens with zero attached hydrogens (tertiary/aromatic N) is 2. The van der Waals surface area contributed by atoms with Gasteiger partial charge in [-0.3, -0.25) is 9.59 Å². The zero-order valence-electron chi connectivity index (χ0n) is 17.0.